The summed E-state index contributed by atoms with van der Waals surface area (Å²) in [6.45, 7) is 5.81. The van der Waals surface area contributed by atoms with E-state index in [1.54, 1.807) is 29.1 Å². The van der Waals surface area contributed by atoms with E-state index in [0.717, 1.165) is 5.56 Å². The number of halogens is 1. The zero-order valence-electron chi connectivity index (χ0n) is 12.0. The Morgan fingerprint density at radius 2 is 2.10 bits per heavy atom. The van der Waals surface area contributed by atoms with Crippen LogP contribution in [0, 0.1) is 6.92 Å². The molecule has 0 aliphatic rings. The highest BCUT2D eigenvalue weighted by molar-refractivity contribution is 6.31. The molecule has 0 amide bonds. The number of hydrogen-bond donors (Lipinski definition) is 0. The second-order valence-electron chi connectivity index (χ2n) is 4.89. The summed E-state index contributed by atoms with van der Waals surface area (Å²) in [6, 6.07) is 5.30. The fourth-order valence-electron chi connectivity index (χ4n) is 2.03. The number of hydrogen-bond acceptors (Lipinski definition) is 3. The molecule has 0 saturated heterocycles. The lowest BCUT2D eigenvalue weighted by Crippen LogP contribution is -2.14. The summed E-state index contributed by atoms with van der Waals surface area (Å²) < 4.78 is 6.91. The van der Waals surface area contributed by atoms with Gasteiger partial charge in [-0.05, 0) is 44.5 Å². The van der Waals surface area contributed by atoms with Gasteiger partial charge in [0, 0.05) is 16.6 Å². The third-order valence-corrected chi connectivity index (χ3v) is 3.53. The van der Waals surface area contributed by atoms with Crippen LogP contribution in [-0.4, -0.2) is 22.7 Å². The van der Waals surface area contributed by atoms with Gasteiger partial charge in [0.2, 0.25) is 5.78 Å². The van der Waals surface area contributed by atoms with Crippen molar-refractivity contribution >= 4 is 17.4 Å². The largest absolute Gasteiger partial charge is 0.493 e. The average molecular weight is 293 g/mol. The van der Waals surface area contributed by atoms with Crippen molar-refractivity contribution in [3.63, 3.8) is 0 Å². The maximum Gasteiger partial charge on any atom is 0.214 e. The van der Waals surface area contributed by atoms with Crippen molar-refractivity contribution in [3.8, 4) is 5.75 Å². The van der Waals surface area contributed by atoms with Crippen molar-refractivity contribution in [1.82, 2.24) is 9.78 Å². The van der Waals surface area contributed by atoms with Crippen LogP contribution in [0.3, 0.4) is 0 Å². The smallest absolute Gasteiger partial charge is 0.214 e. The third-order valence-electron chi connectivity index (χ3n) is 3.11. The van der Waals surface area contributed by atoms with Gasteiger partial charge in [-0.3, -0.25) is 9.48 Å². The quantitative estimate of drug-likeness (QED) is 0.808. The Hall–Kier alpha value is -1.81. The van der Waals surface area contributed by atoms with E-state index >= 15 is 0 Å². The molecular formula is C15H17ClN2O2. The maximum atomic E-state index is 12.7. The van der Waals surface area contributed by atoms with E-state index in [9.17, 15) is 4.79 Å². The summed E-state index contributed by atoms with van der Waals surface area (Å²) in [5.41, 5.74) is 1.91. The molecule has 2 rings (SSSR count). The first-order valence-electron chi connectivity index (χ1n) is 6.38. The topological polar surface area (TPSA) is 44.1 Å². The van der Waals surface area contributed by atoms with Gasteiger partial charge >= 0.3 is 0 Å². The lowest BCUT2D eigenvalue weighted by atomic mass is 10.0. The first kappa shape index (κ1) is 14.6. The van der Waals surface area contributed by atoms with Crippen molar-refractivity contribution in [1.29, 1.82) is 0 Å². The molecule has 4 nitrogen and oxygen atoms in total. The van der Waals surface area contributed by atoms with Crippen LogP contribution in [0.15, 0.2) is 24.4 Å². The summed E-state index contributed by atoms with van der Waals surface area (Å²) in [6.07, 6.45) is 1.57. The van der Waals surface area contributed by atoms with Gasteiger partial charge in [-0.25, -0.2) is 0 Å². The molecule has 2 aromatic rings. The number of nitrogens with zero attached hydrogens (tertiary/aromatic N) is 2. The minimum absolute atomic E-state index is 0.0752. The molecule has 0 bridgehead atoms. The number of carbonyl (C=O) groups is 1. The highest BCUT2D eigenvalue weighted by Crippen LogP contribution is 2.25. The molecule has 1 heterocycles. The van der Waals surface area contributed by atoms with Gasteiger partial charge in [0.05, 0.1) is 13.3 Å². The molecular weight excluding hydrogens is 276 g/mol. The van der Waals surface area contributed by atoms with E-state index < -0.39 is 0 Å². The number of aromatic nitrogens is 2. The van der Waals surface area contributed by atoms with E-state index in [1.807, 2.05) is 20.8 Å². The molecule has 0 radical (unpaired) electrons. The Labute approximate surface area is 123 Å². The molecule has 106 valence electrons. The lowest BCUT2D eigenvalue weighted by Gasteiger charge is -2.11. The average Bonchev–Trinajstić information content (AvgIpc) is 2.85. The zero-order chi connectivity index (χ0) is 14.9. The second-order valence-corrected chi connectivity index (χ2v) is 5.30. The molecule has 0 fully saturated rings. The minimum atomic E-state index is -0.118. The molecule has 0 atom stereocenters. The van der Waals surface area contributed by atoms with Crippen molar-refractivity contribution in [2.75, 3.05) is 7.11 Å². The number of methoxy groups -OCH3 is 1. The summed E-state index contributed by atoms with van der Waals surface area (Å²) in [5, 5.41) is 4.86. The molecule has 1 aromatic carbocycles. The van der Waals surface area contributed by atoms with Crippen molar-refractivity contribution in [2.45, 2.75) is 26.8 Å². The SMILES string of the molecule is COc1cnn(C(C)C)c1C(=O)c1ccc(Cl)c(C)c1. The predicted molar refractivity (Wildman–Crippen MR) is 78.8 cm³/mol. The fraction of sp³-hybridized carbons (Fsp3) is 0.333. The van der Waals surface area contributed by atoms with E-state index in [2.05, 4.69) is 5.10 Å². The first-order chi connectivity index (χ1) is 9.45. The Bertz CT molecular complexity index is 647. The van der Waals surface area contributed by atoms with Crippen LogP contribution < -0.4 is 4.74 Å². The second kappa shape index (κ2) is 5.67. The van der Waals surface area contributed by atoms with Crippen molar-refractivity contribution < 1.29 is 9.53 Å². The van der Waals surface area contributed by atoms with Gasteiger partial charge in [0.1, 0.15) is 0 Å². The highest BCUT2D eigenvalue weighted by Gasteiger charge is 2.22. The zero-order valence-corrected chi connectivity index (χ0v) is 12.7. The standard InChI is InChI=1S/C15H17ClN2O2/c1-9(2)18-14(13(20-4)8-17-18)15(19)11-5-6-12(16)10(3)7-11/h5-9H,1-4H3. The van der Waals surface area contributed by atoms with Crippen LogP contribution in [0.2, 0.25) is 5.02 Å². The Morgan fingerprint density at radius 3 is 2.65 bits per heavy atom. The van der Waals surface area contributed by atoms with Crippen molar-refractivity contribution in [3.05, 3.63) is 46.2 Å². The number of ether oxygens (including phenoxy) is 1. The van der Waals surface area contributed by atoms with E-state index in [-0.39, 0.29) is 11.8 Å². The summed E-state index contributed by atoms with van der Waals surface area (Å²) in [4.78, 5) is 12.7. The number of benzene rings is 1. The maximum absolute atomic E-state index is 12.7. The molecule has 0 unspecified atom stereocenters. The van der Waals surface area contributed by atoms with Crippen LogP contribution in [-0.2, 0) is 0 Å². The molecule has 0 N–H and O–H groups in total. The van der Waals surface area contributed by atoms with Gasteiger partial charge < -0.3 is 4.74 Å². The monoisotopic (exact) mass is 292 g/mol. The van der Waals surface area contributed by atoms with Gasteiger partial charge in [-0.1, -0.05) is 11.6 Å². The molecule has 5 heteroatoms. The lowest BCUT2D eigenvalue weighted by molar-refractivity contribution is 0.102. The van der Waals surface area contributed by atoms with Gasteiger partial charge in [0.25, 0.3) is 0 Å². The number of rotatable bonds is 4. The van der Waals surface area contributed by atoms with Crippen LogP contribution >= 0.6 is 11.6 Å². The van der Waals surface area contributed by atoms with Crippen LogP contribution in [0.25, 0.3) is 0 Å². The Balaban J connectivity index is 2.52. The number of aryl methyl sites for hydroxylation is 1. The summed E-state index contributed by atoms with van der Waals surface area (Å²) in [7, 11) is 1.53. The summed E-state index contributed by atoms with van der Waals surface area (Å²) in [5.74, 6) is 0.365. The third kappa shape index (κ3) is 2.56. The number of carbonyl (C=O) groups excluding carboxylic acids is 1. The van der Waals surface area contributed by atoms with Gasteiger partial charge in [-0.15, -0.1) is 0 Å². The fourth-order valence-corrected chi connectivity index (χ4v) is 2.14. The predicted octanol–water partition coefficient (Wildman–Crippen LogP) is 3.67. The highest BCUT2D eigenvalue weighted by atomic mass is 35.5. The number of ketones is 1. The van der Waals surface area contributed by atoms with Crippen LogP contribution in [0.1, 0.15) is 41.5 Å². The van der Waals surface area contributed by atoms with E-state index in [0.29, 0.717) is 22.0 Å². The van der Waals surface area contributed by atoms with Gasteiger partial charge in [-0.2, -0.15) is 5.10 Å². The normalized spacial score (nSPS) is 10.9. The van der Waals surface area contributed by atoms with Gasteiger partial charge in [0.15, 0.2) is 11.4 Å². The molecule has 0 spiro atoms. The van der Waals surface area contributed by atoms with Crippen LogP contribution in [0.5, 0.6) is 5.75 Å². The first-order valence-corrected chi connectivity index (χ1v) is 6.75. The minimum Gasteiger partial charge on any atom is -0.493 e. The summed E-state index contributed by atoms with van der Waals surface area (Å²) >= 11 is 6.00. The van der Waals surface area contributed by atoms with E-state index in [1.165, 1.54) is 7.11 Å². The molecule has 20 heavy (non-hydrogen) atoms. The molecule has 0 aliphatic heterocycles. The Morgan fingerprint density at radius 1 is 1.40 bits per heavy atom. The molecule has 0 aliphatic carbocycles. The molecule has 0 saturated carbocycles. The molecule has 1 aromatic heterocycles. The Kier molecular flexibility index (Phi) is 4.14. The van der Waals surface area contributed by atoms with E-state index in [4.69, 9.17) is 16.3 Å². The van der Waals surface area contributed by atoms with Crippen molar-refractivity contribution in [2.24, 2.45) is 0 Å². The van der Waals surface area contributed by atoms with Crippen LogP contribution in [0.4, 0.5) is 0 Å².